The number of halogens is 7. The van der Waals surface area contributed by atoms with Gasteiger partial charge in [-0.1, -0.05) is 39.7 Å². The highest BCUT2D eigenvalue weighted by molar-refractivity contribution is 9.10. The first-order chi connectivity index (χ1) is 17.4. The van der Waals surface area contributed by atoms with Crippen LogP contribution >= 0.6 is 27.5 Å². The van der Waals surface area contributed by atoms with Gasteiger partial charge >= 0.3 is 6.18 Å². The number of nitrogens with one attached hydrogen (secondary N) is 2. The van der Waals surface area contributed by atoms with Crippen molar-refractivity contribution >= 4 is 55.8 Å². The van der Waals surface area contributed by atoms with Crippen LogP contribution in [-0.4, -0.2) is 11.8 Å². The summed E-state index contributed by atoms with van der Waals surface area (Å²) in [6.45, 7) is 0. The van der Waals surface area contributed by atoms with E-state index in [1.165, 1.54) is 12.1 Å². The van der Waals surface area contributed by atoms with E-state index in [1.54, 1.807) is 18.2 Å². The molecule has 1 aliphatic heterocycles. The van der Waals surface area contributed by atoms with Crippen LogP contribution in [-0.2, 0) is 6.18 Å². The summed E-state index contributed by atoms with van der Waals surface area (Å²) in [5.74, 6) is -3.42. The summed E-state index contributed by atoms with van der Waals surface area (Å²) in [5.41, 5.74) is -1.22. The number of carbonyl (C=O) groups excluding carboxylic acids is 2. The monoisotopic (exact) mass is 594 g/mol. The molecule has 0 radical (unpaired) electrons. The highest BCUT2D eigenvalue weighted by Gasteiger charge is 2.37. The van der Waals surface area contributed by atoms with Crippen LogP contribution < -0.4 is 10.6 Å². The smallest absolute Gasteiger partial charge is 0.341 e. The molecule has 2 N–H and O–H groups in total. The molecule has 4 nitrogen and oxygen atoms in total. The van der Waals surface area contributed by atoms with Crippen molar-refractivity contribution in [2.45, 2.75) is 12.2 Å². The molecule has 1 aliphatic rings. The third-order valence-electron chi connectivity index (χ3n) is 5.97. The first-order valence-corrected chi connectivity index (χ1v) is 11.8. The first-order valence-electron chi connectivity index (χ1n) is 10.6. The maximum absolute atomic E-state index is 14.1. The van der Waals surface area contributed by atoms with Crippen LogP contribution in [0.3, 0.4) is 0 Å². The van der Waals surface area contributed by atoms with Crippen molar-refractivity contribution in [1.29, 1.82) is 0 Å². The van der Waals surface area contributed by atoms with Crippen molar-refractivity contribution in [2.24, 2.45) is 0 Å². The van der Waals surface area contributed by atoms with Gasteiger partial charge in [-0.25, -0.2) is 8.78 Å². The Morgan fingerprint density at radius 2 is 1.73 bits per heavy atom. The summed E-state index contributed by atoms with van der Waals surface area (Å²) in [7, 11) is 0. The molecule has 0 spiro atoms. The Hall–Kier alpha value is -3.50. The Bertz CT molecular complexity index is 1620. The van der Waals surface area contributed by atoms with Crippen LogP contribution in [0.4, 0.5) is 27.6 Å². The Kier molecular flexibility index (Phi) is 6.19. The fraction of sp³-hybridized carbons (Fsp3) is 0.0769. The van der Waals surface area contributed by atoms with Crippen LogP contribution in [0.25, 0.3) is 10.8 Å². The minimum atomic E-state index is -4.87. The van der Waals surface area contributed by atoms with E-state index < -0.39 is 46.8 Å². The van der Waals surface area contributed by atoms with Crippen LogP contribution in [0.1, 0.15) is 43.4 Å². The largest absolute Gasteiger partial charge is 0.416 e. The highest BCUT2D eigenvalue weighted by atomic mass is 79.9. The van der Waals surface area contributed by atoms with Crippen LogP contribution in [0.2, 0.25) is 5.02 Å². The summed E-state index contributed by atoms with van der Waals surface area (Å²) < 4.78 is 68.2. The molecule has 0 bridgehead atoms. The van der Waals surface area contributed by atoms with Crippen molar-refractivity contribution in [3.8, 4) is 0 Å². The van der Waals surface area contributed by atoms with E-state index in [0.717, 1.165) is 12.1 Å². The van der Waals surface area contributed by atoms with Gasteiger partial charge in [0.1, 0.15) is 11.6 Å². The molecule has 11 heteroatoms. The quantitative estimate of drug-likeness (QED) is 0.239. The summed E-state index contributed by atoms with van der Waals surface area (Å²) >= 11 is 9.71. The Balaban J connectivity index is 1.70. The van der Waals surface area contributed by atoms with E-state index in [2.05, 4.69) is 26.6 Å². The number of benzene rings is 4. The van der Waals surface area contributed by atoms with E-state index >= 15 is 0 Å². The van der Waals surface area contributed by atoms with Gasteiger partial charge in [0.05, 0.1) is 17.2 Å². The maximum Gasteiger partial charge on any atom is 0.416 e. The molecule has 0 aromatic heterocycles. The van der Waals surface area contributed by atoms with Gasteiger partial charge in [0.25, 0.3) is 11.8 Å². The Morgan fingerprint density at radius 3 is 2.46 bits per heavy atom. The maximum atomic E-state index is 14.1. The molecule has 4 aromatic carbocycles. The average Bonchev–Trinajstić information content (AvgIpc) is 3.18. The van der Waals surface area contributed by atoms with Gasteiger partial charge in [-0.2, -0.15) is 13.2 Å². The second-order valence-electron chi connectivity index (χ2n) is 8.30. The topological polar surface area (TPSA) is 58.2 Å². The van der Waals surface area contributed by atoms with Crippen molar-refractivity contribution in [2.75, 3.05) is 5.32 Å². The van der Waals surface area contributed by atoms with Gasteiger partial charge in [0.15, 0.2) is 0 Å². The van der Waals surface area contributed by atoms with Gasteiger partial charge < -0.3 is 10.6 Å². The van der Waals surface area contributed by atoms with Gasteiger partial charge in [-0.05, 0) is 59.3 Å². The van der Waals surface area contributed by atoms with Crippen molar-refractivity contribution in [1.82, 2.24) is 5.32 Å². The molecule has 0 saturated heterocycles. The molecule has 37 heavy (non-hydrogen) atoms. The average molecular weight is 596 g/mol. The van der Waals surface area contributed by atoms with Crippen molar-refractivity contribution in [3.63, 3.8) is 0 Å². The normalized spacial score (nSPS) is 15.0. The van der Waals surface area contributed by atoms with E-state index in [9.17, 15) is 31.5 Å². The molecule has 1 unspecified atom stereocenters. The Morgan fingerprint density at radius 1 is 0.973 bits per heavy atom. The van der Waals surface area contributed by atoms with Crippen molar-refractivity contribution in [3.05, 3.63) is 110 Å². The number of hydrogen-bond acceptors (Lipinski definition) is 2. The Labute approximate surface area is 219 Å². The molecule has 0 aliphatic carbocycles. The number of anilines is 1. The zero-order valence-electron chi connectivity index (χ0n) is 18.3. The van der Waals surface area contributed by atoms with Gasteiger partial charge in [-0.15, -0.1) is 0 Å². The minimum Gasteiger partial charge on any atom is -0.341 e. The van der Waals surface area contributed by atoms with Gasteiger partial charge in [0, 0.05) is 31.9 Å². The second-order valence-corrected chi connectivity index (χ2v) is 9.56. The predicted molar refractivity (Wildman–Crippen MR) is 132 cm³/mol. The second kappa shape index (κ2) is 9.11. The third-order valence-corrected chi connectivity index (χ3v) is 7.00. The predicted octanol–water partition coefficient (Wildman–Crippen LogP) is 7.64. The lowest BCUT2D eigenvalue weighted by atomic mass is 9.92. The lowest BCUT2D eigenvalue weighted by molar-refractivity contribution is -0.137. The molecule has 1 atom stereocenters. The molecule has 1 heterocycles. The summed E-state index contributed by atoms with van der Waals surface area (Å²) in [6.07, 6.45) is -4.87. The molecular weight excluding hydrogens is 583 g/mol. The number of rotatable bonds is 3. The molecule has 2 amide bonds. The fourth-order valence-electron chi connectivity index (χ4n) is 4.37. The van der Waals surface area contributed by atoms with Crippen LogP contribution in [0, 0.1) is 11.6 Å². The van der Waals surface area contributed by atoms with Crippen LogP contribution in [0.15, 0.2) is 65.1 Å². The van der Waals surface area contributed by atoms with E-state index in [0.29, 0.717) is 27.4 Å². The lowest BCUT2D eigenvalue weighted by Crippen LogP contribution is -2.21. The summed E-state index contributed by atoms with van der Waals surface area (Å²) in [6, 6.07) is 10.7. The third kappa shape index (κ3) is 4.55. The molecule has 4 aromatic rings. The minimum absolute atomic E-state index is 0.0564. The number of fused-ring (bicyclic) bond motifs is 3. The van der Waals surface area contributed by atoms with Gasteiger partial charge in [0.2, 0.25) is 0 Å². The first kappa shape index (κ1) is 25.2. The number of hydrogen-bond donors (Lipinski definition) is 2. The molecular formula is C26H13BrClF5N2O2. The lowest BCUT2D eigenvalue weighted by Gasteiger charge is -2.19. The molecule has 0 fully saturated rings. The van der Waals surface area contributed by atoms with E-state index in [-0.39, 0.29) is 33.5 Å². The summed E-state index contributed by atoms with van der Waals surface area (Å²) in [5, 5.41) is 6.44. The van der Waals surface area contributed by atoms with Crippen LogP contribution in [0.5, 0.6) is 0 Å². The molecule has 5 rings (SSSR count). The number of alkyl halides is 3. The van der Waals surface area contributed by atoms with E-state index in [1.807, 2.05) is 0 Å². The number of amides is 2. The zero-order chi connectivity index (χ0) is 26.6. The highest BCUT2D eigenvalue weighted by Crippen LogP contribution is 2.44. The van der Waals surface area contributed by atoms with Gasteiger partial charge in [-0.3, -0.25) is 9.59 Å². The van der Waals surface area contributed by atoms with E-state index in [4.69, 9.17) is 11.6 Å². The molecule has 188 valence electrons. The molecule has 0 saturated carbocycles. The zero-order valence-corrected chi connectivity index (χ0v) is 20.7. The number of carbonyl (C=O) groups is 2. The van der Waals surface area contributed by atoms with Crippen molar-refractivity contribution < 1.29 is 31.5 Å². The standard InChI is InChI=1S/C26H13BrClF5N2O2/c27-18-3-1-2-15-16(18)10-20(34-24(36)11-6-12(26(31,32)33)8-14(30)7-11)22-21(15)25(37)35-23(22)17-9-13(29)4-5-19(17)28/h1-10,23H,(H,34,36)(H,35,37). The SMILES string of the molecule is O=C(Nc1cc2c(Br)cccc2c2c1C(c1cc(F)ccc1Cl)NC2=O)c1cc(F)cc(C(F)(F)F)c1. The summed E-state index contributed by atoms with van der Waals surface area (Å²) in [4.78, 5) is 26.2. The fourth-order valence-corrected chi connectivity index (χ4v) is 5.08.